The summed E-state index contributed by atoms with van der Waals surface area (Å²) in [6.45, 7) is 3.14. The van der Waals surface area contributed by atoms with Crippen molar-refractivity contribution >= 4 is 34.2 Å². The number of para-hydroxylation sites is 1. The minimum absolute atomic E-state index is 0.00225. The summed E-state index contributed by atoms with van der Waals surface area (Å²) in [4.78, 5) is 21.9. The highest BCUT2D eigenvalue weighted by Gasteiger charge is 2.25. The molecule has 20 heavy (non-hydrogen) atoms. The quantitative estimate of drug-likeness (QED) is 0.860. The smallest absolute Gasteiger partial charge is 0.224 e. The Kier molecular flexibility index (Phi) is 3.44. The Hall–Kier alpha value is -1.88. The molecule has 1 N–H and O–H groups in total. The maximum Gasteiger partial charge on any atom is 0.224 e. The van der Waals surface area contributed by atoms with Crippen molar-refractivity contribution in [3.8, 4) is 0 Å². The van der Waals surface area contributed by atoms with Crippen molar-refractivity contribution in [3.63, 3.8) is 0 Å². The summed E-state index contributed by atoms with van der Waals surface area (Å²) in [7, 11) is 0. The van der Waals surface area contributed by atoms with Crippen LogP contribution in [0.4, 0.5) is 5.82 Å². The summed E-state index contributed by atoms with van der Waals surface area (Å²) >= 11 is 6.00. The molecule has 0 radical (unpaired) electrons. The van der Waals surface area contributed by atoms with E-state index in [1.165, 1.54) is 0 Å². The number of carbonyl (C=O) groups excluding carboxylic acids is 1. The molecule has 0 aliphatic carbocycles. The van der Waals surface area contributed by atoms with E-state index in [-0.39, 0.29) is 17.2 Å². The first-order chi connectivity index (χ1) is 9.63. The molecule has 0 spiro atoms. The molecular formula is C14H15ClN4O. The summed E-state index contributed by atoms with van der Waals surface area (Å²) in [5, 5.41) is 4.19. The van der Waals surface area contributed by atoms with Crippen LogP contribution in [0.1, 0.15) is 13.3 Å². The third-order valence-corrected chi connectivity index (χ3v) is 3.62. The molecule has 3 rings (SSSR count). The predicted octanol–water partition coefficient (Wildman–Crippen LogP) is 2.00. The van der Waals surface area contributed by atoms with E-state index in [2.05, 4.69) is 20.2 Å². The largest absolute Gasteiger partial charge is 0.354 e. The van der Waals surface area contributed by atoms with Gasteiger partial charge in [-0.3, -0.25) is 4.79 Å². The number of amides is 1. The number of hydrogen-bond acceptors (Lipinski definition) is 4. The number of halogens is 1. The summed E-state index contributed by atoms with van der Waals surface area (Å²) < 4.78 is 0. The minimum Gasteiger partial charge on any atom is -0.354 e. The predicted molar refractivity (Wildman–Crippen MR) is 79.0 cm³/mol. The van der Waals surface area contributed by atoms with Crippen LogP contribution in [0.25, 0.3) is 10.9 Å². The van der Waals surface area contributed by atoms with Crippen LogP contribution in [-0.2, 0) is 4.79 Å². The Balaban J connectivity index is 1.93. The molecule has 1 atom stereocenters. The van der Waals surface area contributed by atoms with Gasteiger partial charge in [0, 0.05) is 31.4 Å². The molecule has 1 amide bonds. The standard InChI is InChI=1S/C14H15ClN4O/c1-9(20)16-10-6-7-19(8-10)13-11-4-2-3-5-12(11)17-14(15)18-13/h2-5,10H,6-8H2,1H3,(H,16,20)/t10-/m0/s1. The Morgan fingerprint density at radius 3 is 3.00 bits per heavy atom. The fourth-order valence-electron chi connectivity index (χ4n) is 2.63. The molecule has 1 aromatic carbocycles. The second-order valence-electron chi connectivity index (χ2n) is 4.97. The van der Waals surface area contributed by atoms with Crippen LogP contribution in [0.15, 0.2) is 24.3 Å². The zero-order valence-corrected chi connectivity index (χ0v) is 11.9. The number of hydrogen-bond donors (Lipinski definition) is 1. The first-order valence-corrected chi connectivity index (χ1v) is 6.95. The molecule has 6 heteroatoms. The van der Waals surface area contributed by atoms with Crippen LogP contribution in [0.3, 0.4) is 0 Å². The summed E-state index contributed by atoms with van der Waals surface area (Å²) in [5.74, 6) is 0.843. The number of anilines is 1. The first kappa shape index (κ1) is 13.1. The third-order valence-electron chi connectivity index (χ3n) is 3.45. The van der Waals surface area contributed by atoms with Gasteiger partial charge < -0.3 is 10.2 Å². The van der Waals surface area contributed by atoms with E-state index < -0.39 is 0 Å². The van der Waals surface area contributed by atoms with Gasteiger partial charge in [0.25, 0.3) is 0 Å². The van der Waals surface area contributed by atoms with E-state index in [9.17, 15) is 4.79 Å². The second kappa shape index (κ2) is 5.25. The SMILES string of the molecule is CC(=O)N[C@H]1CCN(c2nc(Cl)nc3ccccc23)C1. The summed E-state index contributed by atoms with van der Waals surface area (Å²) in [6, 6.07) is 7.98. The third kappa shape index (κ3) is 2.54. The Morgan fingerprint density at radius 1 is 1.40 bits per heavy atom. The van der Waals surface area contributed by atoms with Crippen molar-refractivity contribution in [1.82, 2.24) is 15.3 Å². The molecular weight excluding hydrogens is 276 g/mol. The fraction of sp³-hybridized carbons (Fsp3) is 0.357. The zero-order chi connectivity index (χ0) is 14.1. The number of nitrogens with zero attached hydrogens (tertiary/aromatic N) is 3. The number of rotatable bonds is 2. The van der Waals surface area contributed by atoms with Gasteiger partial charge in [0.15, 0.2) is 0 Å². The van der Waals surface area contributed by atoms with Crippen molar-refractivity contribution in [3.05, 3.63) is 29.5 Å². The maximum absolute atomic E-state index is 11.1. The fourth-order valence-corrected chi connectivity index (χ4v) is 2.80. The number of nitrogens with one attached hydrogen (secondary N) is 1. The summed E-state index contributed by atoms with van der Waals surface area (Å²) in [6.07, 6.45) is 0.912. The number of aromatic nitrogens is 2. The highest BCUT2D eigenvalue weighted by atomic mass is 35.5. The van der Waals surface area contributed by atoms with Gasteiger partial charge in [0.05, 0.1) is 5.52 Å². The number of benzene rings is 1. The van der Waals surface area contributed by atoms with Gasteiger partial charge in [0.1, 0.15) is 5.82 Å². The van der Waals surface area contributed by atoms with Gasteiger partial charge in [-0.25, -0.2) is 4.98 Å². The molecule has 1 aliphatic rings. The van der Waals surface area contributed by atoms with Gasteiger partial charge in [0.2, 0.25) is 11.2 Å². The van der Waals surface area contributed by atoms with Crippen molar-refractivity contribution in [1.29, 1.82) is 0 Å². The molecule has 0 saturated carbocycles. The van der Waals surface area contributed by atoms with Crippen LogP contribution < -0.4 is 10.2 Å². The lowest BCUT2D eigenvalue weighted by atomic mass is 10.2. The molecule has 0 unspecified atom stereocenters. The molecule has 104 valence electrons. The Labute approximate surface area is 122 Å². The van der Waals surface area contributed by atoms with Crippen LogP contribution in [-0.4, -0.2) is 35.0 Å². The van der Waals surface area contributed by atoms with Gasteiger partial charge in [-0.2, -0.15) is 4.98 Å². The Morgan fingerprint density at radius 2 is 2.20 bits per heavy atom. The van der Waals surface area contributed by atoms with Crippen LogP contribution >= 0.6 is 11.6 Å². The van der Waals surface area contributed by atoms with Gasteiger partial charge >= 0.3 is 0 Å². The van der Waals surface area contributed by atoms with Gasteiger partial charge in [-0.05, 0) is 30.2 Å². The van der Waals surface area contributed by atoms with Crippen molar-refractivity contribution in [2.45, 2.75) is 19.4 Å². The minimum atomic E-state index is 0.00225. The maximum atomic E-state index is 11.1. The van der Waals surface area contributed by atoms with Crippen molar-refractivity contribution < 1.29 is 4.79 Å². The molecule has 5 nitrogen and oxygen atoms in total. The zero-order valence-electron chi connectivity index (χ0n) is 11.1. The lowest BCUT2D eigenvalue weighted by molar-refractivity contribution is -0.119. The van der Waals surface area contributed by atoms with Crippen molar-refractivity contribution in [2.24, 2.45) is 0 Å². The molecule has 1 aliphatic heterocycles. The molecule has 0 bridgehead atoms. The molecule has 2 aromatic rings. The summed E-state index contributed by atoms with van der Waals surface area (Å²) in [5.41, 5.74) is 0.838. The average molecular weight is 291 g/mol. The van der Waals surface area contributed by atoms with E-state index in [0.29, 0.717) is 0 Å². The normalized spacial score (nSPS) is 18.5. The second-order valence-corrected chi connectivity index (χ2v) is 5.30. The molecule has 1 aromatic heterocycles. The van der Waals surface area contributed by atoms with E-state index in [1.54, 1.807) is 6.92 Å². The van der Waals surface area contributed by atoms with Gasteiger partial charge in [-0.15, -0.1) is 0 Å². The van der Waals surface area contributed by atoms with Crippen LogP contribution in [0, 0.1) is 0 Å². The lowest BCUT2D eigenvalue weighted by Crippen LogP contribution is -2.35. The van der Waals surface area contributed by atoms with Gasteiger partial charge in [-0.1, -0.05) is 12.1 Å². The molecule has 2 heterocycles. The van der Waals surface area contributed by atoms with E-state index in [1.807, 2.05) is 24.3 Å². The van der Waals surface area contributed by atoms with E-state index >= 15 is 0 Å². The first-order valence-electron chi connectivity index (χ1n) is 6.58. The van der Waals surface area contributed by atoms with Crippen molar-refractivity contribution in [2.75, 3.05) is 18.0 Å². The Bertz CT molecular complexity index is 661. The molecule has 1 saturated heterocycles. The average Bonchev–Trinajstić information content (AvgIpc) is 2.85. The number of fused-ring (bicyclic) bond motifs is 1. The van der Waals surface area contributed by atoms with E-state index in [4.69, 9.17) is 11.6 Å². The highest BCUT2D eigenvalue weighted by Crippen LogP contribution is 2.27. The highest BCUT2D eigenvalue weighted by molar-refractivity contribution is 6.28. The lowest BCUT2D eigenvalue weighted by Gasteiger charge is -2.19. The monoisotopic (exact) mass is 290 g/mol. The van der Waals surface area contributed by atoms with E-state index in [0.717, 1.165) is 36.2 Å². The topological polar surface area (TPSA) is 58.1 Å². The van der Waals surface area contributed by atoms with Crippen LogP contribution in [0.5, 0.6) is 0 Å². The number of carbonyl (C=O) groups is 1. The molecule has 1 fully saturated rings. The van der Waals surface area contributed by atoms with Crippen LogP contribution in [0.2, 0.25) is 5.28 Å².